The van der Waals surface area contributed by atoms with Crippen molar-refractivity contribution >= 4 is 35.2 Å². The van der Waals surface area contributed by atoms with Crippen molar-refractivity contribution in [2.75, 3.05) is 11.9 Å². The predicted molar refractivity (Wildman–Crippen MR) is 164 cm³/mol. The molecular weight excluding hydrogens is 538 g/mol. The zero-order chi connectivity index (χ0) is 30.3. The fourth-order valence-electron chi connectivity index (χ4n) is 4.67. The van der Waals surface area contributed by atoms with Gasteiger partial charge in [-0.2, -0.15) is 0 Å². The molecule has 0 radical (unpaired) electrons. The highest BCUT2D eigenvalue weighted by Gasteiger charge is 2.36. The highest BCUT2D eigenvalue weighted by atomic mass is 35.5. The Morgan fingerprint density at radius 1 is 0.902 bits per heavy atom. The largest absolute Gasteiger partial charge is 0.444 e. The van der Waals surface area contributed by atoms with Crippen LogP contribution in [0.5, 0.6) is 0 Å². The van der Waals surface area contributed by atoms with Gasteiger partial charge in [-0.25, -0.2) is 4.79 Å². The molecule has 0 spiro atoms. The number of ether oxygens (including phenoxy) is 1. The molecule has 3 aromatic rings. The van der Waals surface area contributed by atoms with Crippen molar-refractivity contribution in [1.29, 1.82) is 0 Å². The highest BCUT2D eigenvalue weighted by Crippen LogP contribution is 2.31. The van der Waals surface area contributed by atoms with Gasteiger partial charge in [-0.05, 0) is 82.3 Å². The third-order valence-electron chi connectivity index (χ3n) is 6.87. The van der Waals surface area contributed by atoms with Crippen molar-refractivity contribution in [3.05, 3.63) is 99.6 Å². The Morgan fingerprint density at radius 2 is 1.54 bits per heavy atom. The molecule has 7 nitrogen and oxygen atoms in total. The highest BCUT2D eigenvalue weighted by molar-refractivity contribution is 6.34. The number of carbonyl (C=O) groups is 3. The van der Waals surface area contributed by atoms with Gasteiger partial charge in [-0.15, -0.1) is 0 Å². The normalized spacial score (nSPS) is 12.7. The van der Waals surface area contributed by atoms with Gasteiger partial charge in [0.05, 0.1) is 10.7 Å². The van der Waals surface area contributed by atoms with Crippen LogP contribution in [0, 0.1) is 20.8 Å². The van der Waals surface area contributed by atoms with Crippen LogP contribution < -0.4 is 10.6 Å². The summed E-state index contributed by atoms with van der Waals surface area (Å²) in [5, 5.41) is 6.15. The van der Waals surface area contributed by atoms with E-state index in [-0.39, 0.29) is 13.0 Å². The molecule has 0 fully saturated rings. The predicted octanol–water partition coefficient (Wildman–Crippen LogP) is 6.93. The Kier molecular flexibility index (Phi) is 10.6. The quantitative estimate of drug-likeness (QED) is 0.289. The maximum atomic E-state index is 14.3. The Labute approximate surface area is 248 Å². The Hall–Kier alpha value is -3.84. The van der Waals surface area contributed by atoms with Crippen LogP contribution in [0.4, 0.5) is 10.5 Å². The average Bonchev–Trinajstić information content (AvgIpc) is 2.90. The van der Waals surface area contributed by atoms with E-state index < -0.39 is 35.6 Å². The molecule has 0 bridgehead atoms. The zero-order valence-corrected chi connectivity index (χ0v) is 25.6. The van der Waals surface area contributed by atoms with Crippen LogP contribution in [0.2, 0.25) is 5.02 Å². The molecule has 2 atom stereocenters. The second-order valence-corrected chi connectivity index (χ2v) is 11.5. The standard InChI is InChI=1S/C33H40ClN3O4/c1-8-37(31(39)27(20-24-16-10-9-11-17-24)35-32(40)41-33(5,6)7)29(25-18-12-14-21(2)23(25)4)30(38)36-28-22(3)15-13-19-26(28)34/h9-19,27,29H,8,20H2,1-7H3,(H,35,40)(H,36,38). The number of rotatable bonds is 9. The molecule has 0 saturated heterocycles. The lowest BCUT2D eigenvalue weighted by molar-refractivity contribution is -0.140. The third-order valence-corrected chi connectivity index (χ3v) is 7.18. The second kappa shape index (κ2) is 13.7. The van der Waals surface area contributed by atoms with Gasteiger partial charge in [0, 0.05) is 13.0 Å². The van der Waals surface area contributed by atoms with E-state index in [0.717, 1.165) is 22.3 Å². The fourth-order valence-corrected chi connectivity index (χ4v) is 4.94. The lowest BCUT2D eigenvalue weighted by Gasteiger charge is -2.34. The number of hydrogen-bond acceptors (Lipinski definition) is 4. The minimum absolute atomic E-state index is 0.215. The van der Waals surface area contributed by atoms with E-state index in [9.17, 15) is 14.4 Å². The van der Waals surface area contributed by atoms with Crippen LogP contribution in [-0.4, -0.2) is 41.0 Å². The van der Waals surface area contributed by atoms with Gasteiger partial charge in [0.1, 0.15) is 17.7 Å². The topological polar surface area (TPSA) is 87.7 Å². The van der Waals surface area contributed by atoms with Crippen molar-refractivity contribution in [1.82, 2.24) is 10.2 Å². The van der Waals surface area contributed by atoms with Crippen LogP contribution >= 0.6 is 11.6 Å². The summed E-state index contributed by atoms with van der Waals surface area (Å²) >= 11 is 6.45. The summed E-state index contributed by atoms with van der Waals surface area (Å²) in [6, 6.07) is 18.5. The molecule has 3 amide bonds. The van der Waals surface area contributed by atoms with E-state index >= 15 is 0 Å². The first kappa shape index (κ1) is 31.7. The first-order valence-corrected chi connectivity index (χ1v) is 14.2. The van der Waals surface area contributed by atoms with E-state index in [1.165, 1.54) is 4.90 Å². The molecule has 3 aromatic carbocycles. The summed E-state index contributed by atoms with van der Waals surface area (Å²) in [6.07, 6.45) is -0.484. The number of halogens is 1. The van der Waals surface area contributed by atoms with Crippen molar-refractivity contribution in [2.24, 2.45) is 0 Å². The van der Waals surface area contributed by atoms with Gasteiger partial charge < -0.3 is 20.3 Å². The molecule has 0 heterocycles. The molecule has 0 aromatic heterocycles. The van der Waals surface area contributed by atoms with E-state index in [4.69, 9.17) is 16.3 Å². The molecule has 0 aliphatic carbocycles. The van der Waals surface area contributed by atoms with Crippen LogP contribution in [0.3, 0.4) is 0 Å². The van der Waals surface area contributed by atoms with Gasteiger partial charge in [-0.3, -0.25) is 9.59 Å². The SMILES string of the molecule is CCN(C(=O)C(Cc1ccccc1)NC(=O)OC(C)(C)C)C(C(=O)Nc1c(C)cccc1Cl)c1cccc(C)c1C. The van der Waals surface area contributed by atoms with Gasteiger partial charge in [0.2, 0.25) is 5.91 Å². The third kappa shape index (κ3) is 8.33. The van der Waals surface area contributed by atoms with Crippen molar-refractivity contribution in [2.45, 2.75) is 72.6 Å². The van der Waals surface area contributed by atoms with Crippen LogP contribution in [-0.2, 0) is 20.7 Å². The summed E-state index contributed by atoms with van der Waals surface area (Å²) in [6.45, 7) is 13.1. The maximum absolute atomic E-state index is 14.3. The minimum atomic E-state index is -0.984. The molecule has 41 heavy (non-hydrogen) atoms. The van der Waals surface area contributed by atoms with E-state index in [2.05, 4.69) is 10.6 Å². The molecule has 8 heteroatoms. The first-order valence-electron chi connectivity index (χ1n) is 13.8. The maximum Gasteiger partial charge on any atom is 0.408 e. The number of likely N-dealkylation sites (N-methyl/N-ethyl adjacent to an activating group) is 1. The van der Waals surface area contributed by atoms with Crippen LogP contribution in [0.25, 0.3) is 0 Å². The van der Waals surface area contributed by atoms with Crippen molar-refractivity contribution in [3.63, 3.8) is 0 Å². The summed E-state index contributed by atoms with van der Waals surface area (Å²) < 4.78 is 5.49. The summed E-state index contributed by atoms with van der Waals surface area (Å²) in [5.74, 6) is -0.806. The second-order valence-electron chi connectivity index (χ2n) is 11.1. The van der Waals surface area contributed by atoms with Crippen LogP contribution in [0.1, 0.15) is 61.6 Å². The number of hydrogen-bond donors (Lipinski definition) is 2. The number of alkyl carbamates (subject to hydrolysis) is 1. The summed E-state index contributed by atoms with van der Waals surface area (Å²) in [7, 11) is 0. The lowest BCUT2D eigenvalue weighted by atomic mass is 9.94. The minimum Gasteiger partial charge on any atom is -0.444 e. The number of amides is 3. The Bertz CT molecular complexity index is 1360. The number of nitrogens with one attached hydrogen (secondary N) is 2. The fraction of sp³-hybridized carbons (Fsp3) is 0.364. The molecular formula is C33H40ClN3O4. The van der Waals surface area contributed by atoms with Gasteiger partial charge >= 0.3 is 6.09 Å². The van der Waals surface area contributed by atoms with Crippen LogP contribution in [0.15, 0.2) is 66.7 Å². The molecule has 0 aliphatic rings. The van der Waals surface area contributed by atoms with E-state index in [1.54, 1.807) is 26.8 Å². The molecule has 2 N–H and O–H groups in total. The number of para-hydroxylation sites is 1. The molecule has 0 aliphatic heterocycles. The number of nitrogens with zero attached hydrogens (tertiary/aromatic N) is 1. The molecule has 218 valence electrons. The number of carbonyl (C=O) groups excluding carboxylic acids is 3. The molecule has 2 unspecified atom stereocenters. The number of anilines is 1. The van der Waals surface area contributed by atoms with Crippen molar-refractivity contribution in [3.8, 4) is 0 Å². The molecule has 3 rings (SSSR count). The van der Waals surface area contributed by atoms with E-state index in [0.29, 0.717) is 16.3 Å². The van der Waals surface area contributed by atoms with Gasteiger partial charge in [-0.1, -0.05) is 72.3 Å². The van der Waals surface area contributed by atoms with Gasteiger partial charge in [0.25, 0.3) is 5.91 Å². The summed E-state index contributed by atoms with van der Waals surface area (Å²) in [5.41, 5.74) is 3.98. The van der Waals surface area contributed by atoms with Crippen molar-refractivity contribution < 1.29 is 19.1 Å². The van der Waals surface area contributed by atoms with E-state index in [1.807, 2.05) is 88.4 Å². The first-order chi connectivity index (χ1) is 19.3. The zero-order valence-electron chi connectivity index (χ0n) is 24.9. The Balaban J connectivity index is 2.07. The Morgan fingerprint density at radius 3 is 2.15 bits per heavy atom. The summed E-state index contributed by atoms with van der Waals surface area (Å²) in [4.78, 5) is 42.8. The number of benzene rings is 3. The molecule has 0 saturated carbocycles. The lowest BCUT2D eigenvalue weighted by Crippen LogP contribution is -2.53. The number of aryl methyl sites for hydroxylation is 2. The van der Waals surface area contributed by atoms with Gasteiger partial charge in [0.15, 0.2) is 0 Å². The average molecular weight is 578 g/mol. The smallest absolute Gasteiger partial charge is 0.408 e. The monoisotopic (exact) mass is 577 g/mol.